The van der Waals surface area contributed by atoms with Crippen molar-refractivity contribution in [3.8, 4) is 0 Å². The van der Waals surface area contributed by atoms with Gasteiger partial charge in [-0.05, 0) is 44.4 Å². The van der Waals surface area contributed by atoms with Gasteiger partial charge in [0.15, 0.2) is 0 Å². The number of benzene rings is 1. The van der Waals surface area contributed by atoms with Crippen LogP contribution in [0.2, 0.25) is 0 Å². The van der Waals surface area contributed by atoms with Crippen LogP contribution in [0.5, 0.6) is 0 Å². The van der Waals surface area contributed by atoms with Gasteiger partial charge in [0.1, 0.15) is 4.90 Å². The first-order valence-corrected chi connectivity index (χ1v) is 9.06. The topological polar surface area (TPSA) is 92.4 Å². The Morgan fingerprint density at radius 3 is 2.71 bits per heavy atom. The zero-order valence-corrected chi connectivity index (χ0v) is 14.6. The summed E-state index contributed by atoms with van der Waals surface area (Å²) in [6.07, 6.45) is 1.27. The maximum absolute atomic E-state index is 13.2. The second kappa shape index (κ2) is 5.94. The van der Waals surface area contributed by atoms with Crippen LogP contribution in [0.25, 0.3) is 0 Å². The Bertz CT molecular complexity index is 883. The number of methoxy groups -OCH3 is 1. The van der Waals surface area contributed by atoms with Crippen molar-refractivity contribution >= 4 is 21.7 Å². The summed E-state index contributed by atoms with van der Waals surface area (Å²) < 4.78 is 32.5. The fourth-order valence-electron chi connectivity index (χ4n) is 3.17. The number of aromatic nitrogens is 2. The van der Waals surface area contributed by atoms with E-state index in [0.29, 0.717) is 47.6 Å². The number of esters is 1. The molecule has 0 fully saturated rings. The normalized spacial score (nSPS) is 14.4. The maximum Gasteiger partial charge on any atom is 0.338 e. The van der Waals surface area contributed by atoms with Crippen LogP contribution in [0.4, 0.5) is 5.69 Å². The Morgan fingerprint density at radius 2 is 2.08 bits per heavy atom. The fraction of sp³-hybridized carbons (Fsp3) is 0.375. The molecule has 0 bridgehead atoms. The molecule has 1 aliphatic rings. The van der Waals surface area contributed by atoms with Crippen molar-refractivity contribution in [1.82, 2.24) is 10.2 Å². The van der Waals surface area contributed by atoms with Crippen LogP contribution in [0, 0.1) is 13.8 Å². The van der Waals surface area contributed by atoms with E-state index in [1.807, 2.05) is 0 Å². The van der Waals surface area contributed by atoms with Gasteiger partial charge in [-0.2, -0.15) is 5.10 Å². The van der Waals surface area contributed by atoms with Gasteiger partial charge in [0.05, 0.1) is 29.7 Å². The SMILES string of the molecule is COC(=O)c1cccc2c1CCCN2S(=O)(=O)c1c(C)n[nH]c1C. The zero-order chi connectivity index (χ0) is 17.5. The lowest BCUT2D eigenvalue weighted by Gasteiger charge is -2.31. The lowest BCUT2D eigenvalue weighted by atomic mass is 9.98. The van der Waals surface area contributed by atoms with Gasteiger partial charge >= 0.3 is 5.97 Å². The van der Waals surface area contributed by atoms with Crippen molar-refractivity contribution < 1.29 is 17.9 Å². The minimum atomic E-state index is -3.76. The summed E-state index contributed by atoms with van der Waals surface area (Å²) in [5.41, 5.74) is 2.59. The number of ether oxygens (including phenoxy) is 1. The Labute approximate surface area is 140 Å². The lowest BCUT2D eigenvalue weighted by Crippen LogP contribution is -2.36. The number of hydrogen-bond donors (Lipinski definition) is 1. The van der Waals surface area contributed by atoms with Crippen molar-refractivity contribution in [2.45, 2.75) is 31.6 Å². The van der Waals surface area contributed by atoms with Gasteiger partial charge in [0.2, 0.25) is 0 Å². The third-order valence-electron chi connectivity index (χ3n) is 4.22. The van der Waals surface area contributed by atoms with Crippen LogP contribution in [0.1, 0.15) is 33.7 Å². The first-order chi connectivity index (χ1) is 11.4. The van der Waals surface area contributed by atoms with Crippen LogP contribution in [0.15, 0.2) is 23.1 Å². The standard InChI is InChI=1S/C16H19N3O4S/c1-10-15(11(2)18-17-10)24(21,22)19-9-5-7-12-13(16(20)23-3)6-4-8-14(12)19/h4,6,8H,5,7,9H2,1-3H3,(H,17,18). The third-order valence-corrected chi connectivity index (χ3v) is 6.30. The molecule has 2 heterocycles. The molecule has 1 aromatic carbocycles. The summed E-state index contributed by atoms with van der Waals surface area (Å²) in [6.45, 7) is 3.71. The number of sulfonamides is 1. The Balaban J connectivity index is 2.16. The molecule has 128 valence electrons. The predicted octanol–water partition coefficient (Wildman–Crippen LogP) is 1.95. The molecule has 24 heavy (non-hydrogen) atoms. The molecule has 1 aromatic heterocycles. The van der Waals surface area contributed by atoms with E-state index in [9.17, 15) is 13.2 Å². The number of rotatable bonds is 3. The maximum atomic E-state index is 13.2. The molecular formula is C16H19N3O4S. The van der Waals surface area contributed by atoms with Crippen LogP contribution >= 0.6 is 0 Å². The molecule has 2 aromatic rings. The fourth-order valence-corrected chi connectivity index (χ4v) is 5.04. The molecule has 8 heteroatoms. The van der Waals surface area contributed by atoms with Crippen LogP contribution in [0.3, 0.4) is 0 Å². The molecule has 0 saturated carbocycles. The molecule has 0 atom stereocenters. The summed E-state index contributed by atoms with van der Waals surface area (Å²) in [5, 5.41) is 6.70. The van der Waals surface area contributed by atoms with E-state index in [2.05, 4.69) is 10.2 Å². The number of nitrogens with zero attached hydrogens (tertiary/aromatic N) is 2. The van der Waals surface area contributed by atoms with Crippen LogP contribution in [-0.4, -0.2) is 38.2 Å². The second-order valence-electron chi connectivity index (χ2n) is 5.74. The summed E-state index contributed by atoms with van der Waals surface area (Å²) in [5.74, 6) is -0.457. The Kier molecular flexibility index (Phi) is 4.08. The summed E-state index contributed by atoms with van der Waals surface area (Å²) in [4.78, 5) is 12.2. The Morgan fingerprint density at radius 1 is 1.33 bits per heavy atom. The third kappa shape index (κ3) is 2.47. The highest BCUT2D eigenvalue weighted by atomic mass is 32.2. The van der Waals surface area contributed by atoms with Gasteiger partial charge < -0.3 is 4.74 Å². The molecule has 1 aliphatic heterocycles. The van der Waals surface area contributed by atoms with Gasteiger partial charge in [-0.25, -0.2) is 13.2 Å². The van der Waals surface area contributed by atoms with E-state index in [1.54, 1.807) is 32.0 Å². The van der Waals surface area contributed by atoms with Crippen molar-refractivity contribution in [1.29, 1.82) is 0 Å². The number of aromatic amines is 1. The number of fused-ring (bicyclic) bond motifs is 1. The summed E-state index contributed by atoms with van der Waals surface area (Å²) >= 11 is 0. The highest BCUT2D eigenvalue weighted by Gasteiger charge is 2.34. The molecular weight excluding hydrogens is 330 g/mol. The number of H-pyrrole nitrogens is 1. The molecule has 7 nitrogen and oxygen atoms in total. The molecule has 0 saturated heterocycles. The number of anilines is 1. The smallest absolute Gasteiger partial charge is 0.338 e. The van der Waals surface area contributed by atoms with E-state index in [-0.39, 0.29) is 4.90 Å². The summed E-state index contributed by atoms with van der Waals surface area (Å²) in [6, 6.07) is 5.06. The van der Waals surface area contributed by atoms with Crippen molar-refractivity contribution in [2.24, 2.45) is 0 Å². The quantitative estimate of drug-likeness (QED) is 0.855. The Hall–Kier alpha value is -2.35. The van der Waals surface area contributed by atoms with Gasteiger partial charge in [-0.15, -0.1) is 0 Å². The van der Waals surface area contributed by atoms with E-state index in [1.165, 1.54) is 11.4 Å². The highest BCUT2D eigenvalue weighted by Crippen LogP contribution is 2.35. The van der Waals surface area contributed by atoms with E-state index in [4.69, 9.17) is 4.74 Å². The van der Waals surface area contributed by atoms with Crippen molar-refractivity contribution in [3.05, 3.63) is 40.7 Å². The first kappa shape index (κ1) is 16.5. The minimum absolute atomic E-state index is 0.193. The minimum Gasteiger partial charge on any atom is -0.465 e. The molecule has 0 unspecified atom stereocenters. The largest absolute Gasteiger partial charge is 0.465 e. The number of aryl methyl sites for hydroxylation is 2. The molecule has 0 aliphatic carbocycles. The number of carbonyl (C=O) groups is 1. The van der Waals surface area contributed by atoms with Crippen molar-refractivity contribution in [3.63, 3.8) is 0 Å². The van der Waals surface area contributed by atoms with Crippen LogP contribution < -0.4 is 4.31 Å². The number of nitrogens with one attached hydrogen (secondary N) is 1. The van der Waals surface area contributed by atoms with E-state index < -0.39 is 16.0 Å². The van der Waals surface area contributed by atoms with Crippen molar-refractivity contribution in [2.75, 3.05) is 18.0 Å². The van der Waals surface area contributed by atoms with Crippen LogP contribution in [-0.2, 0) is 21.2 Å². The second-order valence-corrected chi connectivity index (χ2v) is 7.54. The predicted molar refractivity (Wildman–Crippen MR) is 88.7 cm³/mol. The van der Waals surface area contributed by atoms with E-state index >= 15 is 0 Å². The molecule has 0 spiro atoms. The van der Waals surface area contributed by atoms with Gasteiger partial charge in [0.25, 0.3) is 10.0 Å². The molecule has 1 N–H and O–H groups in total. The average Bonchev–Trinajstić information content (AvgIpc) is 2.92. The lowest BCUT2D eigenvalue weighted by molar-refractivity contribution is 0.0599. The van der Waals surface area contributed by atoms with Gasteiger partial charge in [0, 0.05) is 6.54 Å². The number of carbonyl (C=O) groups excluding carboxylic acids is 1. The molecule has 0 radical (unpaired) electrons. The van der Waals surface area contributed by atoms with E-state index in [0.717, 1.165) is 0 Å². The number of hydrogen-bond acceptors (Lipinski definition) is 5. The highest BCUT2D eigenvalue weighted by molar-refractivity contribution is 7.93. The average molecular weight is 349 g/mol. The summed E-state index contributed by atoms with van der Waals surface area (Å²) in [7, 11) is -2.44. The van der Waals surface area contributed by atoms with Gasteiger partial charge in [-0.3, -0.25) is 9.40 Å². The van der Waals surface area contributed by atoms with Gasteiger partial charge in [-0.1, -0.05) is 6.07 Å². The molecule has 0 amide bonds. The first-order valence-electron chi connectivity index (χ1n) is 7.62. The molecule has 3 rings (SSSR count). The zero-order valence-electron chi connectivity index (χ0n) is 13.8. The monoisotopic (exact) mass is 349 g/mol.